The molecule has 0 saturated carbocycles. The molecule has 39 heavy (non-hydrogen) atoms. The number of amides is 1. The van der Waals surface area contributed by atoms with E-state index in [0.29, 0.717) is 32.5 Å². The number of fused-ring (bicyclic) bond motifs is 2. The third-order valence-corrected chi connectivity index (χ3v) is 7.16. The van der Waals surface area contributed by atoms with Gasteiger partial charge < -0.3 is 33.8 Å². The van der Waals surface area contributed by atoms with E-state index in [0.717, 1.165) is 5.56 Å². The number of nitrogens with one attached hydrogen (secondary N) is 1. The summed E-state index contributed by atoms with van der Waals surface area (Å²) < 4.78 is 27.9. The van der Waals surface area contributed by atoms with Gasteiger partial charge in [0.1, 0.15) is 11.3 Å². The molecule has 1 aliphatic heterocycles. The van der Waals surface area contributed by atoms with Gasteiger partial charge in [0.25, 0.3) is 0 Å². The quantitative estimate of drug-likeness (QED) is 0.270. The summed E-state index contributed by atoms with van der Waals surface area (Å²) in [5, 5.41) is 15.2. The van der Waals surface area contributed by atoms with Crippen molar-refractivity contribution in [2.75, 3.05) is 21.0 Å². The molecule has 0 saturated heterocycles. The van der Waals surface area contributed by atoms with Crippen LogP contribution in [0.1, 0.15) is 29.0 Å². The molecule has 2 N–H and O–H groups in total. The molecule has 0 unspecified atom stereocenters. The Labute approximate surface area is 232 Å². The fraction of sp³-hybridized carbons (Fsp3) is 0.214. The SMILES string of the molecule is COc1cc([C@@H](CC(=O)NCc2ccc(Cl)c(Cl)c2)c2c(O)c3ccccc3oc2=O)c(OC)c2c1OCO2. The molecule has 0 fully saturated rings. The van der Waals surface area contributed by atoms with Gasteiger partial charge in [-0.3, -0.25) is 4.79 Å². The third-order valence-electron chi connectivity index (χ3n) is 6.42. The summed E-state index contributed by atoms with van der Waals surface area (Å²) in [6.07, 6.45) is -0.253. The van der Waals surface area contributed by atoms with Crippen LogP contribution in [0.5, 0.6) is 28.7 Å². The number of methoxy groups -OCH3 is 2. The molecule has 1 aliphatic rings. The van der Waals surface area contributed by atoms with Gasteiger partial charge in [-0.1, -0.05) is 41.4 Å². The van der Waals surface area contributed by atoms with Crippen LogP contribution in [0.3, 0.4) is 0 Å². The summed E-state index contributed by atoms with van der Waals surface area (Å²) in [6, 6.07) is 13.2. The molecular formula is C28H23Cl2NO8. The molecule has 3 aromatic carbocycles. The monoisotopic (exact) mass is 571 g/mol. The molecule has 11 heteroatoms. The first kappa shape index (κ1) is 26.5. The lowest BCUT2D eigenvalue weighted by Crippen LogP contribution is -2.27. The van der Waals surface area contributed by atoms with Gasteiger partial charge in [0.05, 0.1) is 35.2 Å². The van der Waals surface area contributed by atoms with Crippen LogP contribution in [0.4, 0.5) is 0 Å². The highest BCUT2D eigenvalue weighted by Gasteiger charge is 2.35. The Kier molecular flexibility index (Phi) is 7.45. The smallest absolute Gasteiger partial charge is 0.343 e. The van der Waals surface area contributed by atoms with E-state index in [2.05, 4.69) is 5.32 Å². The van der Waals surface area contributed by atoms with Crippen LogP contribution in [-0.4, -0.2) is 32.0 Å². The van der Waals surface area contributed by atoms with Crippen molar-refractivity contribution in [3.8, 4) is 28.7 Å². The first-order chi connectivity index (χ1) is 18.8. The summed E-state index contributed by atoms with van der Waals surface area (Å²) in [5.74, 6) is -0.604. The van der Waals surface area contributed by atoms with E-state index in [4.69, 9.17) is 46.6 Å². The van der Waals surface area contributed by atoms with Gasteiger partial charge in [-0.15, -0.1) is 0 Å². The molecule has 1 atom stereocenters. The number of hydrogen-bond acceptors (Lipinski definition) is 8. The first-order valence-electron chi connectivity index (χ1n) is 11.8. The maximum Gasteiger partial charge on any atom is 0.343 e. The van der Waals surface area contributed by atoms with E-state index < -0.39 is 17.5 Å². The normalized spacial score (nSPS) is 12.8. The number of carbonyl (C=O) groups excluding carboxylic acids is 1. The van der Waals surface area contributed by atoms with Crippen molar-refractivity contribution in [3.05, 3.63) is 85.7 Å². The van der Waals surface area contributed by atoms with Gasteiger partial charge in [-0.2, -0.15) is 0 Å². The minimum atomic E-state index is -1.02. The standard InChI is InChI=1S/C28H23Cl2NO8/c1-35-21-10-17(25(36-2)27-26(21)37-13-38-27)16(11-22(32)31-12-14-7-8-18(29)19(30)9-14)23-24(33)15-5-3-4-6-20(15)39-28(23)34/h3-10,16,33H,11-13H2,1-2H3,(H,31,32)/t16-/m1/s1. The minimum absolute atomic E-state index is 0.0658. The lowest BCUT2D eigenvalue weighted by Gasteiger charge is -2.22. The summed E-state index contributed by atoms with van der Waals surface area (Å²) in [6.45, 7) is 0.0893. The number of rotatable bonds is 8. The Bertz CT molecular complexity index is 1630. The Morgan fingerprint density at radius 2 is 1.82 bits per heavy atom. The van der Waals surface area contributed by atoms with Crippen LogP contribution in [0.15, 0.2) is 57.7 Å². The van der Waals surface area contributed by atoms with Crippen molar-refractivity contribution < 1.29 is 33.3 Å². The molecule has 0 aliphatic carbocycles. The predicted molar refractivity (Wildman–Crippen MR) is 145 cm³/mol. The van der Waals surface area contributed by atoms with Crippen LogP contribution in [0.2, 0.25) is 10.0 Å². The highest BCUT2D eigenvalue weighted by atomic mass is 35.5. The average molecular weight is 572 g/mol. The Hall–Kier alpha value is -4.08. The van der Waals surface area contributed by atoms with Gasteiger partial charge in [0.2, 0.25) is 24.2 Å². The van der Waals surface area contributed by atoms with Crippen molar-refractivity contribution in [3.63, 3.8) is 0 Å². The molecule has 2 heterocycles. The highest BCUT2D eigenvalue weighted by Crippen LogP contribution is 2.53. The molecule has 5 rings (SSSR count). The fourth-order valence-electron chi connectivity index (χ4n) is 4.59. The topological polar surface area (TPSA) is 116 Å². The van der Waals surface area contributed by atoms with Crippen LogP contribution in [0.25, 0.3) is 11.0 Å². The second kappa shape index (κ2) is 11.0. The van der Waals surface area contributed by atoms with Gasteiger partial charge in [0.15, 0.2) is 11.5 Å². The van der Waals surface area contributed by atoms with Crippen molar-refractivity contribution in [1.82, 2.24) is 5.32 Å². The lowest BCUT2D eigenvalue weighted by molar-refractivity contribution is -0.121. The maximum absolute atomic E-state index is 13.3. The fourth-order valence-corrected chi connectivity index (χ4v) is 4.91. The van der Waals surface area contributed by atoms with Crippen LogP contribution >= 0.6 is 23.2 Å². The number of ether oxygens (including phenoxy) is 4. The number of halogens is 2. The summed E-state index contributed by atoms with van der Waals surface area (Å²) in [4.78, 5) is 26.6. The maximum atomic E-state index is 13.3. The summed E-state index contributed by atoms with van der Waals surface area (Å²) in [5.41, 5.74) is 0.387. The van der Waals surface area contributed by atoms with E-state index in [-0.39, 0.29) is 48.2 Å². The van der Waals surface area contributed by atoms with Gasteiger partial charge in [-0.05, 0) is 35.9 Å². The average Bonchev–Trinajstić information content (AvgIpc) is 3.42. The molecule has 0 spiro atoms. The predicted octanol–water partition coefficient (Wildman–Crippen LogP) is 5.39. The van der Waals surface area contributed by atoms with Gasteiger partial charge in [-0.25, -0.2) is 4.79 Å². The minimum Gasteiger partial charge on any atom is -0.507 e. The second-order valence-corrected chi connectivity index (χ2v) is 9.51. The largest absolute Gasteiger partial charge is 0.507 e. The molecule has 0 radical (unpaired) electrons. The van der Waals surface area contributed by atoms with E-state index >= 15 is 0 Å². The zero-order valence-corrected chi connectivity index (χ0v) is 22.4. The number of benzene rings is 3. The molecule has 4 aromatic rings. The van der Waals surface area contributed by atoms with Crippen molar-refractivity contribution in [2.24, 2.45) is 0 Å². The van der Waals surface area contributed by atoms with Crippen LogP contribution < -0.4 is 29.9 Å². The summed E-state index contributed by atoms with van der Waals surface area (Å²) in [7, 11) is 2.88. The van der Waals surface area contributed by atoms with E-state index in [1.807, 2.05) is 0 Å². The number of para-hydroxylation sites is 1. The van der Waals surface area contributed by atoms with Crippen LogP contribution in [-0.2, 0) is 11.3 Å². The second-order valence-electron chi connectivity index (χ2n) is 8.70. The highest BCUT2D eigenvalue weighted by molar-refractivity contribution is 6.42. The number of aromatic hydroxyl groups is 1. The zero-order chi connectivity index (χ0) is 27.7. The Balaban J connectivity index is 1.60. The Morgan fingerprint density at radius 3 is 2.56 bits per heavy atom. The van der Waals surface area contributed by atoms with Crippen LogP contribution in [0, 0.1) is 0 Å². The lowest BCUT2D eigenvalue weighted by atomic mass is 9.86. The zero-order valence-electron chi connectivity index (χ0n) is 20.9. The Morgan fingerprint density at radius 1 is 1.05 bits per heavy atom. The number of hydrogen-bond donors (Lipinski definition) is 2. The third kappa shape index (κ3) is 5.03. The van der Waals surface area contributed by atoms with E-state index in [9.17, 15) is 14.7 Å². The number of carbonyl (C=O) groups is 1. The molecule has 1 aromatic heterocycles. The first-order valence-corrected chi connectivity index (χ1v) is 12.6. The van der Waals surface area contributed by atoms with Crippen molar-refractivity contribution in [2.45, 2.75) is 18.9 Å². The van der Waals surface area contributed by atoms with E-state index in [1.165, 1.54) is 14.2 Å². The summed E-state index contributed by atoms with van der Waals surface area (Å²) >= 11 is 12.1. The van der Waals surface area contributed by atoms with Gasteiger partial charge in [0, 0.05) is 24.4 Å². The molecule has 0 bridgehead atoms. The van der Waals surface area contributed by atoms with Gasteiger partial charge >= 0.3 is 5.63 Å². The molecule has 9 nitrogen and oxygen atoms in total. The molecule has 1 amide bonds. The van der Waals surface area contributed by atoms with Crippen molar-refractivity contribution >= 4 is 40.1 Å². The molecule has 202 valence electrons. The van der Waals surface area contributed by atoms with Crippen molar-refractivity contribution in [1.29, 1.82) is 0 Å². The molecular weight excluding hydrogens is 549 g/mol. The van der Waals surface area contributed by atoms with E-state index in [1.54, 1.807) is 48.5 Å².